The third-order valence-electron chi connectivity index (χ3n) is 3.92. The summed E-state index contributed by atoms with van der Waals surface area (Å²) in [4.78, 5) is 12.0. The lowest BCUT2D eigenvalue weighted by molar-refractivity contribution is 0.0944. The van der Waals surface area contributed by atoms with Gasteiger partial charge in [-0.25, -0.2) is 0 Å². The molecule has 0 aromatic heterocycles. The molecule has 3 heteroatoms. The highest BCUT2D eigenvalue weighted by molar-refractivity contribution is 5.94. The van der Waals surface area contributed by atoms with E-state index in [2.05, 4.69) is 5.32 Å². The fourth-order valence-electron chi connectivity index (χ4n) is 2.76. The lowest BCUT2D eigenvalue weighted by Gasteiger charge is -2.20. The number of carbonyl (C=O) groups excluding carboxylic acids is 1. The molecule has 0 bridgehead atoms. The molecule has 1 aliphatic carbocycles. The summed E-state index contributed by atoms with van der Waals surface area (Å²) in [5, 5.41) is 3.05. The first-order valence-corrected chi connectivity index (χ1v) is 7.39. The van der Waals surface area contributed by atoms with Crippen LogP contribution >= 0.6 is 0 Å². The zero-order valence-corrected chi connectivity index (χ0v) is 11.5. The molecule has 1 aromatic carbocycles. The number of hydrogen-bond acceptors (Lipinski definition) is 2. The fraction of sp³-hybridized carbons (Fsp3) is 0.562. The second-order valence-electron chi connectivity index (χ2n) is 5.55. The van der Waals surface area contributed by atoms with Crippen LogP contribution < -0.4 is 11.1 Å². The second-order valence-corrected chi connectivity index (χ2v) is 5.55. The van der Waals surface area contributed by atoms with Gasteiger partial charge in [0, 0.05) is 17.8 Å². The van der Waals surface area contributed by atoms with E-state index in [1.807, 2.05) is 12.1 Å². The van der Waals surface area contributed by atoms with Crippen LogP contribution in [0.15, 0.2) is 24.3 Å². The van der Waals surface area contributed by atoms with Gasteiger partial charge >= 0.3 is 0 Å². The number of rotatable bonds is 3. The minimum atomic E-state index is -0.00522. The maximum atomic E-state index is 12.0. The second kappa shape index (κ2) is 7.17. The van der Waals surface area contributed by atoms with E-state index in [4.69, 9.17) is 5.73 Å². The Morgan fingerprint density at radius 1 is 1.16 bits per heavy atom. The Morgan fingerprint density at radius 2 is 1.84 bits per heavy atom. The van der Waals surface area contributed by atoms with Crippen LogP contribution in [0.3, 0.4) is 0 Å². The number of hydrogen-bond donors (Lipinski definition) is 2. The third-order valence-corrected chi connectivity index (χ3v) is 3.92. The van der Waals surface area contributed by atoms with Crippen LogP contribution in [0.25, 0.3) is 0 Å². The molecular formula is C16H24N2O. The molecule has 0 aliphatic heterocycles. The van der Waals surface area contributed by atoms with Crippen molar-refractivity contribution in [2.45, 2.75) is 44.9 Å². The van der Waals surface area contributed by atoms with E-state index in [0.717, 1.165) is 6.54 Å². The summed E-state index contributed by atoms with van der Waals surface area (Å²) in [5.41, 5.74) is 6.99. The van der Waals surface area contributed by atoms with E-state index in [1.54, 1.807) is 12.1 Å². The van der Waals surface area contributed by atoms with E-state index in [9.17, 15) is 4.79 Å². The van der Waals surface area contributed by atoms with Crippen LogP contribution in [0, 0.1) is 5.92 Å². The van der Waals surface area contributed by atoms with E-state index >= 15 is 0 Å². The fourth-order valence-corrected chi connectivity index (χ4v) is 2.76. The lowest BCUT2D eigenvalue weighted by Crippen LogP contribution is -2.29. The first-order chi connectivity index (χ1) is 9.25. The number of carbonyl (C=O) groups is 1. The topological polar surface area (TPSA) is 55.1 Å². The zero-order chi connectivity index (χ0) is 13.5. The number of nitrogens with one attached hydrogen (secondary N) is 1. The van der Waals surface area contributed by atoms with Crippen molar-refractivity contribution in [3.05, 3.63) is 29.8 Å². The minimum Gasteiger partial charge on any atom is -0.399 e. The molecule has 0 unspecified atom stereocenters. The lowest BCUT2D eigenvalue weighted by atomic mass is 9.91. The quantitative estimate of drug-likeness (QED) is 0.819. The van der Waals surface area contributed by atoms with Crippen LogP contribution in [0.2, 0.25) is 0 Å². The van der Waals surface area contributed by atoms with Gasteiger partial charge in [-0.15, -0.1) is 0 Å². The van der Waals surface area contributed by atoms with Crippen LogP contribution in [-0.2, 0) is 0 Å². The van der Waals surface area contributed by atoms with Crippen molar-refractivity contribution in [1.82, 2.24) is 5.32 Å². The molecule has 1 amide bonds. The van der Waals surface area contributed by atoms with Gasteiger partial charge in [-0.05, 0) is 37.0 Å². The number of benzene rings is 1. The Hall–Kier alpha value is -1.51. The maximum absolute atomic E-state index is 12.0. The van der Waals surface area contributed by atoms with Gasteiger partial charge in [-0.2, -0.15) is 0 Å². The van der Waals surface area contributed by atoms with Gasteiger partial charge in [0.25, 0.3) is 5.91 Å². The van der Waals surface area contributed by atoms with Gasteiger partial charge < -0.3 is 11.1 Å². The van der Waals surface area contributed by atoms with E-state index < -0.39 is 0 Å². The standard InChI is InChI=1S/C16H24N2O/c17-15-10-6-9-14(11-15)16(19)18-12-13-7-4-2-1-3-5-8-13/h6,9-11,13H,1-5,7-8,12,17H2,(H,18,19). The van der Waals surface area contributed by atoms with Gasteiger partial charge in [-0.3, -0.25) is 4.79 Å². The summed E-state index contributed by atoms with van der Waals surface area (Å²) in [5.74, 6) is 0.639. The number of nitrogens with two attached hydrogens (primary N) is 1. The van der Waals surface area contributed by atoms with E-state index in [1.165, 1.54) is 44.9 Å². The van der Waals surface area contributed by atoms with Gasteiger partial charge in [0.1, 0.15) is 0 Å². The molecular weight excluding hydrogens is 236 g/mol. The van der Waals surface area contributed by atoms with Gasteiger partial charge in [0.2, 0.25) is 0 Å². The highest BCUT2D eigenvalue weighted by Crippen LogP contribution is 2.21. The van der Waals surface area contributed by atoms with Crippen LogP contribution in [0.1, 0.15) is 55.3 Å². The van der Waals surface area contributed by atoms with Crippen LogP contribution in [0.5, 0.6) is 0 Å². The largest absolute Gasteiger partial charge is 0.399 e. The Labute approximate surface area is 115 Å². The summed E-state index contributed by atoms with van der Waals surface area (Å²) >= 11 is 0. The smallest absolute Gasteiger partial charge is 0.251 e. The molecule has 1 saturated carbocycles. The molecule has 19 heavy (non-hydrogen) atoms. The molecule has 0 saturated heterocycles. The van der Waals surface area contributed by atoms with Gasteiger partial charge in [0.05, 0.1) is 0 Å². The average molecular weight is 260 g/mol. The summed E-state index contributed by atoms with van der Waals surface area (Å²) in [6, 6.07) is 7.16. The maximum Gasteiger partial charge on any atom is 0.251 e. The Bertz CT molecular complexity index is 409. The SMILES string of the molecule is Nc1cccc(C(=O)NCC2CCCCCCC2)c1. The van der Waals surface area contributed by atoms with Crippen LogP contribution in [0.4, 0.5) is 5.69 Å². The monoisotopic (exact) mass is 260 g/mol. The summed E-state index contributed by atoms with van der Waals surface area (Å²) in [7, 11) is 0. The molecule has 0 heterocycles. The van der Waals surface area contributed by atoms with E-state index in [0.29, 0.717) is 17.2 Å². The molecule has 2 rings (SSSR count). The zero-order valence-electron chi connectivity index (χ0n) is 11.5. The van der Waals surface area contributed by atoms with Crippen molar-refractivity contribution < 1.29 is 4.79 Å². The molecule has 3 N–H and O–H groups in total. The van der Waals surface area contributed by atoms with Crippen molar-refractivity contribution in [1.29, 1.82) is 0 Å². The first-order valence-electron chi connectivity index (χ1n) is 7.39. The average Bonchev–Trinajstić information content (AvgIpc) is 2.37. The predicted molar refractivity (Wildman–Crippen MR) is 79.0 cm³/mol. The molecule has 0 spiro atoms. The normalized spacial score (nSPS) is 17.5. The molecule has 3 nitrogen and oxygen atoms in total. The van der Waals surface area contributed by atoms with Crippen molar-refractivity contribution >= 4 is 11.6 Å². The minimum absolute atomic E-state index is 0.00522. The molecule has 1 aromatic rings. The van der Waals surface area contributed by atoms with E-state index in [-0.39, 0.29) is 5.91 Å². The third kappa shape index (κ3) is 4.58. The highest BCUT2D eigenvalue weighted by atomic mass is 16.1. The number of nitrogen functional groups attached to an aromatic ring is 1. The molecule has 104 valence electrons. The molecule has 1 fully saturated rings. The summed E-state index contributed by atoms with van der Waals surface area (Å²) in [6.45, 7) is 0.799. The number of anilines is 1. The predicted octanol–water partition coefficient (Wildman–Crippen LogP) is 3.36. The molecule has 0 atom stereocenters. The summed E-state index contributed by atoms with van der Waals surface area (Å²) < 4.78 is 0. The van der Waals surface area contributed by atoms with Gasteiger partial charge in [-0.1, -0.05) is 38.2 Å². The molecule has 0 radical (unpaired) electrons. The van der Waals surface area contributed by atoms with Crippen molar-refractivity contribution in [3.8, 4) is 0 Å². The highest BCUT2D eigenvalue weighted by Gasteiger charge is 2.13. The Kier molecular flexibility index (Phi) is 5.25. The summed E-state index contributed by atoms with van der Waals surface area (Å²) in [6.07, 6.45) is 9.17. The van der Waals surface area contributed by atoms with Crippen molar-refractivity contribution in [3.63, 3.8) is 0 Å². The number of amides is 1. The Balaban J connectivity index is 1.82. The molecule has 1 aliphatic rings. The van der Waals surface area contributed by atoms with Gasteiger partial charge in [0.15, 0.2) is 0 Å². The first kappa shape index (κ1) is 13.9. The Morgan fingerprint density at radius 3 is 2.53 bits per heavy atom. The van der Waals surface area contributed by atoms with Crippen molar-refractivity contribution in [2.75, 3.05) is 12.3 Å². The van der Waals surface area contributed by atoms with Crippen molar-refractivity contribution in [2.24, 2.45) is 5.92 Å². The van der Waals surface area contributed by atoms with Crippen LogP contribution in [-0.4, -0.2) is 12.5 Å².